The average Bonchev–Trinajstić information content (AvgIpc) is 3.38. The van der Waals surface area contributed by atoms with Crippen LogP contribution in [0.5, 0.6) is 0 Å². The highest BCUT2D eigenvalue weighted by molar-refractivity contribution is 7.90. The first-order valence-electron chi connectivity index (χ1n) is 11.4. The molecule has 0 radical (unpaired) electrons. The lowest BCUT2D eigenvalue weighted by Crippen LogP contribution is -2.64. The van der Waals surface area contributed by atoms with E-state index < -0.39 is 9.84 Å². The molecule has 2 aliphatic heterocycles. The molecule has 2 aromatic carbocycles. The van der Waals surface area contributed by atoms with Crippen LogP contribution in [0.4, 0.5) is 0 Å². The predicted octanol–water partition coefficient (Wildman–Crippen LogP) is 2.50. The predicted molar refractivity (Wildman–Crippen MR) is 134 cm³/mol. The Hall–Kier alpha value is -3.08. The minimum Gasteiger partial charge on any atom is -0.335 e. The van der Waals surface area contributed by atoms with Gasteiger partial charge in [0.25, 0.3) is 11.8 Å². The normalized spacial score (nSPS) is 17.3. The number of rotatable bonds is 5. The van der Waals surface area contributed by atoms with Crippen LogP contribution >= 0.6 is 11.3 Å². The Morgan fingerprint density at radius 1 is 0.914 bits per heavy atom. The van der Waals surface area contributed by atoms with Gasteiger partial charge in [-0.15, -0.1) is 11.3 Å². The molecular formula is C25H26N4O4S2. The van der Waals surface area contributed by atoms with E-state index >= 15 is 0 Å². The van der Waals surface area contributed by atoms with Gasteiger partial charge in [0.2, 0.25) is 0 Å². The number of amides is 2. The van der Waals surface area contributed by atoms with Gasteiger partial charge >= 0.3 is 0 Å². The highest BCUT2D eigenvalue weighted by Gasteiger charge is 2.37. The number of aromatic nitrogens is 1. The van der Waals surface area contributed by atoms with Gasteiger partial charge in [0.15, 0.2) is 9.84 Å². The lowest BCUT2D eigenvalue weighted by Gasteiger charge is -2.48. The molecule has 2 amide bonds. The second-order valence-corrected chi connectivity index (χ2v) is 11.7. The van der Waals surface area contributed by atoms with Crippen LogP contribution in [0.15, 0.2) is 64.3 Å². The first kappa shape index (κ1) is 23.7. The van der Waals surface area contributed by atoms with E-state index in [4.69, 9.17) is 0 Å². The van der Waals surface area contributed by atoms with Crippen molar-refractivity contribution in [1.82, 2.24) is 19.7 Å². The molecule has 2 aliphatic rings. The SMILES string of the molecule is CS(=O)(=O)c1cccc(-c2ccc(C(=O)N3CC(N4CCN(C(=O)c5cscn5)CC4)C3)cc2)c1. The van der Waals surface area contributed by atoms with Crippen LogP contribution in [0, 0.1) is 0 Å². The first-order valence-corrected chi connectivity index (χ1v) is 14.2. The molecule has 0 bridgehead atoms. The zero-order valence-corrected chi connectivity index (χ0v) is 21.0. The maximum atomic E-state index is 12.9. The van der Waals surface area contributed by atoms with Gasteiger partial charge in [-0.25, -0.2) is 13.4 Å². The summed E-state index contributed by atoms with van der Waals surface area (Å²) < 4.78 is 23.7. The molecule has 2 fully saturated rings. The van der Waals surface area contributed by atoms with Crippen LogP contribution in [-0.2, 0) is 9.84 Å². The summed E-state index contributed by atoms with van der Waals surface area (Å²) in [5.41, 5.74) is 4.46. The first-order chi connectivity index (χ1) is 16.8. The summed E-state index contributed by atoms with van der Waals surface area (Å²) in [6.45, 7) is 4.28. The van der Waals surface area contributed by atoms with Gasteiger partial charge in [0.05, 0.1) is 10.4 Å². The molecule has 3 aromatic rings. The molecule has 0 atom stereocenters. The van der Waals surface area contributed by atoms with Crippen LogP contribution in [-0.4, -0.2) is 91.5 Å². The van der Waals surface area contributed by atoms with Crippen molar-refractivity contribution < 1.29 is 18.0 Å². The third-order valence-corrected chi connectivity index (χ3v) is 8.34. The molecule has 2 saturated heterocycles. The number of sulfone groups is 1. The number of likely N-dealkylation sites (tertiary alicyclic amines) is 1. The number of nitrogens with zero attached hydrogens (tertiary/aromatic N) is 4. The largest absolute Gasteiger partial charge is 0.335 e. The average molecular weight is 511 g/mol. The van der Waals surface area contributed by atoms with E-state index in [1.54, 1.807) is 41.2 Å². The summed E-state index contributed by atoms with van der Waals surface area (Å²) in [6.07, 6.45) is 1.19. The Bertz CT molecular complexity index is 1330. The van der Waals surface area contributed by atoms with E-state index in [1.807, 2.05) is 28.0 Å². The van der Waals surface area contributed by atoms with Crippen molar-refractivity contribution in [2.75, 3.05) is 45.5 Å². The number of carbonyl (C=O) groups is 2. The third-order valence-electron chi connectivity index (χ3n) is 6.65. The van der Waals surface area contributed by atoms with E-state index in [2.05, 4.69) is 9.88 Å². The smallest absolute Gasteiger partial charge is 0.273 e. The molecular weight excluding hydrogens is 484 g/mol. The standard InChI is InChI=1S/C25H26N4O4S2/c1-35(32,33)22-4-2-3-20(13-22)18-5-7-19(8-6-18)24(30)29-14-21(15-29)27-9-11-28(12-10-27)25(31)23-16-34-17-26-23/h2-8,13,16-17,21H,9-12,14-15H2,1H3. The fraction of sp³-hybridized carbons (Fsp3) is 0.320. The molecule has 3 heterocycles. The molecule has 35 heavy (non-hydrogen) atoms. The summed E-state index contributed by atoms with van der Waals surface area (Å²) in [5, 5.41) is 1.78. The van der Waals surface area contributed by atoms with Crippen molar-refractivity contribution in [2.45, 2.75) is 10.9 Å². The molecule has 0 unspecified atom stereocenters. The molecule has 0 saturated carbocycles. The maximum absolute atomic E-state index is 12.9. The molecule has 0 N–H and O–H groups in total. The van der Waals surface area contributed by atoms with Crippen LogP contribution in [0.25, 0.3) is 11.1 Å². The molecule has 8 nitrogen and oxygen atoms in total. The van der Waals surface area contributed by atoms with Gasteiger partial charge in [-0.1, -0.05) is 24.3 Å². The Labute approximate surface area is 208 Å². The summed E-state index contributed by atoms with van der Waals surface area (Å²) >= 11 is 1.42. The number of thiazole rings is 1. The monoisotopic (exact) mass is 510 g/mol. The van der Waals surface area contributed by atoms with Gasteiger partial charge in [-0.3, -0.25) is 14.5 Å². The van der Waals surface area contributed by atoms with E-state index in [-0.39, 0.29) is 16.7 Å². The van der Waals surface area contributed by atoms with Gasteiger partial charge in [-0.05, 0) is 35.4 Å². The highest BCUT2D eigenvalue weighted by Crippen LogP contribution is 2.25. The Kier molecular flexibility index (Phi) is 6.43. The fourth-order valence-electron chi connectivity index (χ4n) is 4.52. The number of hydrogen-bond acceptors (Lipinski definition) is 7. The van der Waals surface area contributed by atoms with Crippen molar-refractivity contribution in [3.8, 4) is 11.1 Å². The molecule has 182 valence electrons. The summed E-state index contributed by atoms with van der Waals surface area (Å²) in [4.78, 5) is 35.8. The van der Waals surface area contributed by atoms with Gasteiger partial charge in [-0.2, -0.15) is 0 Å². The van der Waals surface area contributed by atoms with E-state index in [0.29, 0.717) is 43.5 Å². The molecule has 5 rings (SSSR count). The fourth-order valence-corrected chi connectivity index (χ4v) is 5.71. The number of benzene rings is 2. The van der Waals surface area contributed by atoms with Crippen LogP contribution in [0.2, 0.25) is 0 Å². The molecule has 10 heteroatoms. The van der Waals surface area contributed by atoms with Crippen molar-refractivity contribution >= 4 is 33.0 Å². The summed E-state index contributed by atoms with van der Waals surface area (Å²) in [7, 11) is -3.28. The van der Waals surface area contributed by atoms with E-state index in [0.717, 1.165) is 24.2 Å². The Balaban J connectivity index is 1.14. The molecule has 1 aromatic heterocycles. The van der Waals surface area contributed by atoms with Gasteiger partial charge in [0.1, 0.15) is 5.69 Å². The van der Waals surface area contributed by atoms with Gasteiger partial charge in [0, 0.05) is 62.5 Å². The Morgan fingerprint density at radius 2 is 1.63 bits per heavy atom. The number of carbonyl (C=O) groups excluding carboxylic acids is 2. The topological polar surface area (TPSA) is 90.9 Å². The summed E-state index contributed by atoms with van der Waals surface area (Å²) in [5.74, 6) is -0.0159. The van der Waals surface area contributed by atoms with Crippen molar-refractivity contribution in [3.63, 3.8) is 0 Å². The maximum Gasteiger partial charge on any atom is 0.273 e. The summed E-state index contributed by atoms with van der Waals surface area (Å²) in [6, 6.07) is 14.4. The molecule has 0 aliphatic carbocycles. The zero-order valence-electron chi connectivity index (χ0n) is 19.3. The lowest BCUT2D eigenvalue weighted by atomic mass is 10.0. The second-order valence-electron chi connectivity index (χ2n) is 8.94. The number of hydrogen-bond donors (Lipinski definition) is 0. The second kappa shape index (κ2) is 9.52. The van der Waals surface area contributed by atoms with Crippen LogP contribution < -0.4 is 0 Å². The van der Waals surface area contributed by atoms with Crippen molar-refractivity contribution in [3.05, 3.63) is 70.7 Å². The zero-order chi connectivity index (χ0) is 24.6. The van der Waals surface area contributed by atoms with Crippen LogP contribution in [0.1, 0.15) is 20.8 Å². The Morgan fingerprint density at radius 3 is 2.26 bits per heavy atom. The minimum absolute atomic E-state index is 0.00460. The molecule has 0 spiro atoms. The minimum atomic E-state index is -3.28. The van der Waals surface area contributed by atoms with Crippen LogP contribution in [0.3, 0.4) is 0 Å². The lowest BCUT2D eigenvalue weighted by molar-refractivity contribution is 0.00844. The number of piperazine rings is 1. The van der Waals surface area contributed by atoms with E-state index in [9.17, 15) is 18.0 Å². The van der Waals surface area contributed by atoms with E-state index in [1.165, 1.54) is 17.6 Å². The van der Waals surface area contributed by atoms with Crippen molar-refractivity contribution in [2.24, 2.45) is 0 Å². The third kappa shape index (κ3) is 5.00. The van der Waals surface area contributed by atoms with Crippen molar-refractivity contribution in [1.29, 1.82) is 0 Å². The highest BCUT2D eigenvalue weighted by atomic mass is 32.2. The quantitative estimate of drug-likeness (QED) is 0.524. The van der Waals surface area contributed by atoms with Gasteiger partial charge < -0.3 is 9.80 Å².